The number of likely N-dealkylation sites (tertiary alicyclic amines) is 1. The number of unbranched alkanes of at least 4 members (excludes halogenated alkanes) is 12. The molecule has 2 aromatic heterocycles. The maximum atomic E-state index is 14.0. The van der Waals surface area contributed by atoms with Crippen LogP contribution in [-0.4, -0.2) is 231 Å². The van der Waals surface area contributed by atoms with Crippen LogP contribution in [0.5, 0.6) is 0 Å². The Bertz CT molecular complexity index is 2790. The Morgan fingerprint density at radius 1 is 0.573 bits per heavy atom. The molecule has 35 heteroatoms. The lowest BCUT2D eigenvalue weighted by molar-refractivity contribution is -0.133. The Morgan fingerprint density at radius 2 is 1.03 bits per heavy atom. The number of aliphatic hydroxyl groups is 4. The normalized spacial score (nSPS) is 18.4. The van der Waals surface area contributed by atoms with Crippen molar-refractivity contribution in [3.05, 3.63) is 12.7 Å². The van der Waals surface area contributed by atoms with Gasteiger partial charge in [-0.1, -0.05) is 39.5 Å². The number of fused-ring (bicyclic) bond motifs is 1. The van der Waals surface area contributed by atoms with E-state index in [1.165, 1.54) is 22.1 Å². The number of aromatic nitrogens is 4. The van der Waals surface area contributed by atoms with Gasteiger partial charge < -0.3 is 75.7 Å². The number of ketones is 4. The number of nitrogens with one attached hydrogen (secondary N) is 3. The van der Waals surface area contributed by atoms with E-state index >= 15 is 0 Å². The van der Waals surface area contributed by atoms with Gasteiger partial charge in [-0.3, -0.25) is 61.0 Å². The van der Waals surface area contributed by atoms with E-state index in [4.69, 9.17) is 53.6 Å². The van der Waals surface area contributed by atoms with E-state index in [0.29, 0.717) is 161 Å². The number of nitrogens with zero attached hydrogens (tertiary/aromatic N) is 5. The second-order valence-electron chi connectivity index (χ2n) is 26.1. The van der Waals surface area contributed by atoms with E-state index < -0.39 is 65.0 Å². The number of ether oxygens (including phenoxy) is 4. The van der Waals surface area contributed by atoms with Crippen molar-refractivity contribution in [2.75, 3.05) is 105 Å². The van der Waals surface area contributed by atoms with Crippen LogP contribution >= 0.6 is 15.6 Å². The summed E-state index contributed by atoms with van der Waals surface area (Å²) in [6.45, 7) is -0.756. The Kier molecular flexibility index (Phi) is 47.1. The summed E-state index contributed by atoms with van der Waals surface area (Å²) in [5.41, 5.74) is 5.16. The first kappa shape index (κ1) is 92.0. The van der Waals surface area contributed by atoms with Gasteiger partial charge in [-0.25, -0.2) is 24.1 Å². The fourth-order valence-electron chi connectivity index (χ4n) is 11.6. The highest BCUT2D eigenvalue weighted by Crippen LogP contribution is 2.50. The number of anilines is 1. The summed E-state index contributed by atoms with van der Waals surface area (Å²) < 4.78 is 72.2. The number of β-amino-alcohol motifs (C(OH)–C–C–N with tert-alkyl or cyclic N) is 1. The highest BCUT2D eigenvalue weighted by Gasteiger charge is 2.45. The molecule has 0 aliphatic carbocycles. The minimum Gasteiger partial charge on any atom is -0.396 e. The first-order valence-corrected chi connectivity index (χ1v) is 39.2. The molecule has 2 saturated heterocycles. The average molecular weight is 1510 g/mol. The summed E-state index contributed by atoms with van der Waals surface area (Å²) in [4.78, 5) is 137. The van der Waals surface area contributed by atoms with Crippen LogP contribution in [0.15, 0.2) is 12.7 Å². The molecule has 4 heterocycles. The van der Waals surface area contributed by atoms with Gasteiger partial charge >= 0.3 is 15.6 Å². The van der Waals surface area contributed by atoms with Gasteiger partial charge in [0.2, 0.25) is 23.6 Å². The number of hydrogen-bond acceptors (Lipinski definition) is 26. The van der Waals surface area contributed by atoms with E-state index in [2.05, 4.69) is 35.4 Å². The predicted octanol–water partition coefficient (Wildman–Crippen LogP) is 6.04. The Balaban J connectivity index is 0.0000276. The molecule has 2 aliphatic rings. The Labute approximate surface area is 605 Å². The fourth-order valence-corrected chi connectivity index (χ4v) is 13.1. The van der Waals surface area contributed by atoms with Crippen LogP contribution in [0.1, 0.15) is 226 Å². The summed E-state index contributed by atoms with van der Waals surface area (Å²) in [7, 11) is -8.51. The number of aliphatic hydroxyl groups excluding tert-OH is 4. The lowest BCUT2D eigenvalue weighted by atomic mass is 10.0. The summed E-state index contributed by atoms with van der Waals surface area (Å²) in [5.74, 6) is -0.810. The molecule has 0 bridgehead atoms. The van der Waals surface area contributed by atoms with Crippen LogP contribution < -0.4 is 21.7 Å². The van der Waals surface area contributed by atoms with Crippen LogP contribution in [0, 0.1) is 0 Å². The van der Waals surface area contributed by atoms with Crippen molar-refractivity contribution in [2.45, 2.75) is 255 Å². The molecule has 0 aromatic carbocycles. The smallest absolute Gasteiger partial charge is 0.396 e. The van der Waals surface area contributed by atoms with Gasteiger partial charge in [-0.2, -0.15) is 0 Å². The fraction of sp³-hybridized carbons (Fsp3) is 0.809. The van der Waals surface area contributed by atoms with Crippen LogP contribution in [-0.2, 0) is 84.5 Å². The third-order valence-electron chi connectivity index (χ3n) is 17.4. The largest absolute Gasteiger partial charge is 0.472 e. The van der Waals surface area contributed by atoms with Crippen molar-refractivity contribution in [2.24, 2.45) is 0 Å². The molecule has 2 aromatic rings. The van der Waals surface area contributed by atoms with Gasteiger partial charge in [0, 0.05) is 130 Å². The highest BCUT2D eigenvalue weighted by atomic mass is 31.2. The number of carbonyl (C=O) groups is 8. The maximum Gasteiger partial charge on any atom is 0.472 e. The monoisotopic (exact) mass is 1510 g/mol. The second-order valence-corrected chi connectivity index (χ2v) is 29.1. The van der Waals surface area contributed by atoms with Crippen molar-refractivity contribution in [1.82, 2.24) is 40.4 Å². The number of imidazole rings is 1. The zero-order chi connectivity index (χ0) is 74.4. The summed E-state index contributed by atoms with van der Waals surface area (Å²) in [6, 6.07) is -0.782. The van der Waals surface area contributed by atoms with Crippen molar-refractivity contribution in [3.8, 4) is 0 Å². The van der Waals surface area contributed by atoms with E-state index in [1.54, 1.807) is 0 Å². The molecule has 0 saturated carbocycles. The standard InChI is InChI=1S/C67H115N9O24P2.CH4/c1-93-101(89,90)98-45-58-57(42-63(99-58)76-50-73-64-65(68)71-49-72-66(64)76)100-102(91,92)97-44-51-41-56(84)43-75(51)62(88)29-10-5-3-2-4-9-28-61(87)74-67(46-94-38-30-54(82)22-8-6-7-21-52(80)25-13-18-35-77,47-95-39-31-55(83)24-12-17-33-69-59(85)27-15-20-37-79)48-96-40-32-60(86)70-34-16-11-23-53(81)26-14-19-36-78;/h49-51,56-58,63,77-79,84H,2-48H2,1H3,(H,69,85)(H,70,86)(H,74,87)(H,89,90)(H,91,92)(H2,68,71,72);1H4/t51-,56+,57-,58+,63+,67?;/m0./s1. The molecule has 11 N–H and O–H groups in total. The van der Waals surface area contributed by atoms with Crippen molar-refractivity contribution in [3.63, 3.8) is 0 Å². The number of amides is 4. The summed E-state index contributed by atoms with van der Waals surface area (Å²) in [5, 5.41) is 46.3. The molecule has 590 valence electrons. The van der Waals surface area contributed by atoms with Crippen molar-refractivity contribution < 1.29 is 115 Å². The van der Waals surface area contributed by atoms with Gasteiger partial charge in [-0.15, -0.1) is 0 Å². The SMILES string of the molecule is C.COP(=O)(O)OC[C@H]1O[C@@H](n2cnc3c(N)ncnc32)C[C@@H]1OP(=O)(O)OC[C@@H]1C[C@@H](O)CN1C(=O)CCCCCCCCC(=O)NC(COCCC(=O)CCCCCC(=O)CCCCO)(COCCC(=O)CCCCNC(=O)CCCCO)COCCC(=O)NCCCCC(=O)CCCCO. The minimum atomic E-state index is -4.95. The van der Waals surface area contributed by atoms with E-state index in [-0.39, 0.29) is 189 Å². The lowest BCUT2D eigenvalue weighted by Crippen LogP contribution is -2.58. The first-order valence-electron chi connectivity index (χ1n) is 36.2. The van der Waals surface area contributed by atoms with Crippen LogP contribution in [0.4, 0.5) is 5.82 Å². The Morgan fingerprint density at radius 3 is 1.58 bits per heavy atom. The third-order valence-corrected chi connectivity index (χ3v) is 19.3. The number of Topliss-reactive ketones (excluding diaryl/α,β-unsaturated/α-hetero) is 4. The maximum absolute atomic E-state index is 14.0. The molecule has 0 spiro atoms. The number of nitrogen functional groups attached to an aromatic ring is 1. The molecular weight excluding hydrogens is 1390 g/mol. The third kappa shape index (κ3) is 39.3. The van der Waals surface area contributed by atoms with Crippen LogP contribution in [0.3, 0.4) is 0 Å². The van der Waals surface area contributed by atoms with Gasteiger partial charge in [0.1, 0.15) is 59.0 Å². The van der Waals surface area contributed by atoms with E-state index in [9.17, 15) is 62.4 Å². The van der Waals surface area contributed by atoms with Gasteiger partial charge in [0.05, 0.1) is 71.3 Å². The number of rotatable bonds is 63. The van der Waals surface area contributed by atoms with Crippen LogP contribution in [0.2, 0.25) is 0 Å². The lowest BCUT2D eigenvalue weighted by Gasteiger charge is -2.34. The summed E-state index contributed by atoms with van der Waals surface area (Å²) in [6.07, 6.45) is 12.6. The molecule has 8 atom stereocenters. The number of carbonyl (C=O) groups excluding carboxylic acids is 8. The minimum absolute atomic E-state index is 0. The quantitative estimate of drug-likeness (QED) is 0.0266. The molecule has 2 fully saturated rings. The van der Waals surface area contributed by atoms with E-state index in [0.717, 1.165) is 20.0 Å². The molecule has 103 heavy (non-hydrogen) atoms. The van der Waals surface area contributed by atoms with Crippen LogP contribution in [0.25, 0.3) is 11.2 Å². The van der Waals surface area contributed by atoms with E-state index in [1.807, 2.05) is 0 Å². The summed E-state index contributed by atoms with van der Waals surface area (Å²) >= 11 is 0. The molecule has 3 unspecified atom stereocenters. The number of phosphoric ester groups is 2. The number of nitrogens with two attached hydrogens (primary N) is 1. The average Bonchev–Trinajstić information content (AvgIpc) is 1.64. The molecule has 4 amide bonds. The molecular formula is C68H119N9O24P2. The topological polar surface area (TPSA) is 475 Å². The molecule has 0 radical (unpaired) electrons. The molecule has 33 nitrogen and oxygen atoms in total. The number of phosphoric acid groups is 2. The zero-order valence-electron chi connectivity index (χ0n) is 59.5. The molecule has 4 rings (SSSR count). The highest BCUT2D eigenvalue weighted by molar-refractivity contribution is 7.47. The number of hydrogen-bond donors (Lipinski definition) is 10. The van der Waals surface area contributed by atoms with Crippen molar-refractivity contribution >= 4 is 79.4 Å². The predicted molar refractivity (Wildman–Crippen MR) is 378 cm³/mol. The second kappa shape index (κ2) is 52.7. The Hall–Kier alpha value is -5.19. The van der Waals surface area contributed by atoms with Gasteiger partial charge in [0.15, 0.2) is 11.5 Å². The van der Waals surface area contributed by atoms with Crippen molar-refractivity contribution in [1.29, 1.82) is 0 Å². The van der Waals surface area contributed by atoms with Gasteiger partial charge in [-0.05, 0) is 96.3 Å². The zero-order valence-corrected chi connectivity index (χ0v) is 61.3. The first-order chi connectivity index (χ1) is 49.0. The molecule has 2 aliphatic heterocycles. The van der Waals surface area contributed by atoms with Gasteiger partial charge in [0.25, 0.3) is 0 Å².